The number of pyridine rings is 1. The molecule has 0 aliphatic carbocycles. The van der Waals surface area contributed by atoms with Crippen molar-refractivity contribution in [3.05, 3.63) is 57.5 Å². The summed E-state index contributed by atoms with van der Waals surface area (Å²) in [6.07, 6.45) is 4.02. The number of aromatic nitrogens is 1. The lowest BCUT2D eigenvalue weighted by Crippen LogP contribution is -2.18. The van der Waals surface area contributed by atoms with Gasteiger partial charge in [-0.25, -0.2) is 0 Å². The SMILES string of the molecule is CCc1ccc(-c2cc(C)c(=O)n(C)c2)cc1CC. The van der Waals surface area contributed by atoms with Gasteiger partial charge >= 0.3 is 0 Å². The van der Waals surface area contributed by atoms with E-state index in [1.165, 1.54) is 16.7 Å². The first-order valence-corrected chi connectivity index (χ1v) is 6.86. The van der Waals surface area contributed by atoms with Crippen LogP contribution in [-0.4, -0.2) is 4.57 Å². The third kappa shape index (κ3) is 2.62. The van der Waals surface area contributed by atoms with Crippen LogP contribution in [0.15, 0.2) is 35.3 Å². The first-order valence-electron chi connectivity index (χ1n) is 6.86. The summed E-state index contributed by atoms with van der Waals surface area (Å²) in [4.78, 5) is 11.7. The molecule has 0 fully saturated rings. The molecule has 100 valence electrons. The maximum absolute atomic E-state index is 11.7. The van der Waals surface area contributed by atoms with Crippen molar-refractivity contribution >= 4 is 0 Å². The van der Waals surface area contributed by atoms with Crippen LogP contribution < -0.4 is 5.56 Å². The summed E-state index contributed by atoms with van der Waals surface area (Å²) in [7, 11) is 1.81. The number of aryl methyl sites for hydroxylation is 4. The van der Waals surface area contributed by atoms with E-state index in [1.807, 2.05) is 19.2 Å². The summed E-state index contributed by atoms with van der Waals surface area (Å²) in [5, 5.41) is 0. The fraction of sp³-hybridized carbons (Fsp3) is 0.353. The highest BCUT2D eigenvalue weighted by molar-refractivity contribution is 5.64. The highest BCUT2D eigenvalue weighted by Gasteiger charge is 2.06. The van der Waals surface area contributed by atoms with Crippen LogP contribution >= 0.6 is 0 Å². The van der Waals surface area contributed by atoms with E-state index in [4.69, 9.17) is 0 Å². The molecule has 1 aromatic carbocycles. The zero-order valence-corrected chi connectivity index (χ0v) is 12.2. The molecule has 0 aliphatic heterocycles. The zero-order valence-electron chi connectivity index (χ0n) is 12.2. The molecule has 0 spiro atoms. The number of hydrogen-bond acceptors (Lipinski definition) is 1. The molecule has 0 atom stereocenters. The van der Waals surface area contributed by atoms with E-state index in [0.717, 1.165) is 24.0 Å². The average Bonchev–Trinajstić information content (AvgIpc) is 2.43. The van der Waals surface area contributed by atoms with E-state index in [1.54, 1.807) is 11.6 Å². The lowest BCUT2D eigenvalue weighted by molar-refractivity contribution is 0.850. The fourth-order valence-electron chi connectivity index (χ4n) is 2.52. The zero-order chi connectivity index (χ0) is 14.0. The Hall–Kier alpha value is -1.83. The van der Waals surface area contributed by atoms with Crippen LogP contribution in [0.25, 0.3) is 11.1 Å². The second kappa shape index (κ2) is 5.43. The Balaban J connectivity index is 2.56. The summed E-state index contributed by atoms with van der Waals surface area (Å²) in [6, 6.07) is 8.58. The molecule has 0 aliphatic rings. The Labute approximate surface area is 114 Å². The minimum atomic E-state index is 0.0737. The molecule has 0 radical (unpaired) electrons. The quantitative estimate of drug-likeness (QED) is 0.823. The van der Waals surface area contributed by atoms with Crippen molar-refractivity contribution in [2.45, 2.75) is 33.6 Å². The second-order valence-electron chi connectivity index (χ2n) is 5.02. The van der Waals surface area contributed by atoms with Gasteiger partial charge in [-0.05, 0) is 48.1 Å². The van der Waals surface area contributed by atoms with E-state index in [0.29, 0.717) is 0 Å². The molecular formula is C17H21NO. The maximum Gasteiger partial charge on any atom is 0.253 e. The van der Waals surface area contributed by atoms with Crippen molar-refractivity contribution in [3.63, 3.8) is 0 Å². The standard InChI is InChI=1S/C17H21NO/c1-5-13-7-8-15(10-14(13)6-2)16-9-12(3)17(19)18(4)11-16/h7-11H,5-6H2,1-4H3. The monoisotopic (exact) mass is 255 g/mol. The van der Waals surface area contributed by atoms with Gasteiger partial charge in [-0.1, -0.05) is 32.0 Å². The van der Waals surface area contributed by atoms with Crippen molar-refractivity contribution < 1.29 is 0 Å². The van der Waals surface area contributed by atoms with Gasteiger partial charge in [-0.2, -0.15) is 0 Å². The van der Waals surface area contributed by atoms with Gasteiger partial charge in [0.2, 0.25) is 0 Å². The maximum atomic E-state index is 11.7. The van der Waals surface area contributed by atoms with E-state index in [-0.39, 0.29) is 5.56 Å². The average molecular weight is 255 g/mol. The molecule has 0 unspecified atom stereocenters. The third-order valence-corrected chi connectivity index (χ3v) is 3.66. The van der Waals surface area contributed by atoms with Gasteiger partial charge in [0.25, 0.3) is 5.56 Å². The third-order valence-electron chi connectivity index (χ3n) is 3.66. The highest BCUT2D eigenvalue weighted by atomic mass is 16.1. The first-order chi connectivity index (χ1) is 9.06. The van der Waals surface area contributed by atoms with Crippen molar-refractivity contribution in [3.8, 4) is 11.1 Å². The lowest BCUT2D eigenvalue weighted by atomic mass is 9.97. The number of rotatable bonds is 3. The van der Waals surface area contributed by atoms with Gasteiger partial charge in [0, 0.05) is 18.8 Å². The molecule has 0 saturated heterocycles. The predicted octanol–water partition coefficient (Wildman–Crippen LogP) is 3.49. The number of benzene rings is 1. The van der Waals surface area contributed by atoms with Crippen LogP contribution in [0.1, 0.15) is 30.5 Å². The molecule has 0 N–H and O–H groups in total. The Bertz CT molecular complexity index is 627. The van der Waals surface area contributed by atoms with Crippen LogP contribution in [0.2, 0.25) is 0 Å². The topological polar surface area (TPSA) is 22.0 Å². The van der Waals surface area contributed by atoms with Crippen LogP contribution in [-0.2, 0) is 19.9 Å². The first kappa shape index (κ1) is 13.6. The highest BCUT2D eigenvalue weighted by Crippen LogP contribution is 2.23. The van der Waals surface area contributed by atoms with E-state index in [9.17, 15) is 4.79 Å². The molecule has 2 aromatic rings. The molecule has 19 heavy (non-hydrogen) atoms. The van der Waals surface area contributed by atoms with Gasteiger partial charge in [0.1, 0.15) is 0 Å². The minimum Gasteiger partial charge on any atom is -0.318 e. The summed E-state index contributed by atoms with van der Waals surface area (Å²) in [6.45, 7) is 6.24. The van der Waals surface area contributed by atoms with Crippen molar-refractivity contribution in [2.75, 3.05) is 0 Å². The van der Waals surface area contributed by atoms with E-state index in [2.05, 4.69) is 32.0 Å². The van der Waals surface area contributed by atoms with Gasteiger partial charge < -0.3 is 4.57 Å². The molecule has 2 heteroatoms. The summed E-state index contributed by atoms with van der Waals surface area (Å²) in [5.74, 6) is 0. The minimum absolute atomic E-state index is 0.0737. The Morgan fingerprint density at radius 1 is 1.00 bits per heavy atom. The number of nitrogens with zero attached hydrogens (tertiary/aromatic N) is 1. The van der Waals surface area contributed by atoms with E-state index < -0.39 is 0 Å². The normalized spacial score (nSPS) is 10.7. The molecule has 0 amide bonds. The van der Waals surface area contributed by atoms with Crippen LogP contribution in [0.5, 0.6) is 0 Å². The molecule has 0 saturated carbocycles. The van der Waals surface area contributed by atoms with Crippen molar-refractivity contribution in [1.29, 1.82) is 0 Å². The Morgan fingerprint density at radius 2 is 1.68 bits per heavy atom. The summed E-state index contributed by atoms with van der Waals surface area (Å²) >= 11 is 0. The Kier molecular flexibility index (Phi) is 3.89. The molecular weight excluding hydrogens is 234 g/mol. The molecule has 0 bridgehead atoms. The smallest absolute Gasteiger partial charge is 0.253 e. The molecule has 1 heterocycles. The predicted molar refractivity (Wildman–Crippen MR) is 80.6 cm³/mol. The molecule has 1 aromatic heterocycles. The molecule has 2 nitrogen and oxygen atoms in total. The van der Waals surface area contributed by atoms with Gasteiger partial charge in [-0.15, -0.1) is 0 Å². The largest absolute Gasteiger partial charge is 0.318 e. The van der Waals surface area contributed by atoms with Gasteiger partial charge in [-0.3, -0.25) is 4.79 Å². The second-order valence-corrected chi connectivity index (χ2v) is 5.02. The summed E-state index contributed by atoms with van der Waals surface area (Å²) in [5.41, 5.74) is 5.96. The van der Waals surface area contributed by atoms with Crippen molar-refractivity contribution in [2.24, 2.45) is 7.05 Å². The van der Waals surface area contributed by atoms with E-state index >= 15 is 0 Å². The van der Waals surface area contributed by atoms with Crippen LogP contribution in [0.4, 0.5) is 0 Å². The Morgan fingerprint density at radius 3 is 2.26 bits per heavy atom. The fourth-order valence-corrected chi connectivity index (χ4v) is 2.52. The van der Waals surface area contributed by atoms with Crippen LogP contribution in [0, 0.1) is 6.92 Å². The van der Waals surface area contributed by atoms with Gasteiger partial charge in [0.15, 0.2) is 0 Å². The number of hydrogen-bond donors (Lipinski definition) is 0. The van der Waals surface area contributed by atoms with Crippen molar-refractivity contribution in [1.82, 2.24) is 4.57 Å². The van der Waals surface area contributed by atoms with Crippen LogP contribution in [0.3, 0.4) is 0 Å². The van der Waals surface area contributed by atoms with Gasteiger partial charge in [0.05, 0.1) is 0 Å². The summed E-state index contributed by atoms with van der Waals surface area (Å²) < 4.78 is 1.66. The lowest BCUT2D eigenvalue weighted by Gasteiger charge is -2.11. The molecule has 2 rings (SSSR count).